The zero-order chi connectivity index (χ0) is 15.0. The first-order valence-electron chi connectivity index (χ1n) is 7.26. The highest BCUT2D eigenvalue weighted by molar-refractivity contribution is 7.91. The molecule has 1 aliphatic carbocycles. The fourth-order valence-electron chi connectivity index (χ4n) is 3.46. The van der Waals surface area contributed by atoms with Crippen LogP contribution >= 0.6 is 0 Å². The zero-order valence-corrected chi connectivity index (χ0v) is 12.6. The molecule has 2 bridgehead atoms. The van der Waals surface area contributed by atoms with E-state index in [4.69, 9.17) is 5.11 Å². The molecular formula is C15H19NO4S. The molecule has 2 atom stereocenters. The van der Waals surface area contributed by atoms with Gasteiger partial charge in [-0.3, -0.25) is 4.90 Å². The third kappa shape index (κ3) is 2.96. The lowest BCUT2D eigenvalue weighted by Gasteiger charge is -2.26. The van der Waals surface area contributed by atoms with Crippen LogP contribution in [0.4, 0.5) is 0 Å². The molecule has 1 heterocycles. The van der Waals surface area contributed by atoms with Crippen molar-refractivity contribution in [3.05, 3.63) is 29.8 Å². The maximum Gasteiger partial charge on any atom is 0.335 e. The number of likely N-dealkylation sites (tertiary alicyclic amines) is 1. The maximum absolute atomic E-state index is 12.3. The van der Waals surface area contributed by atoms with Crippen LogP contribution in [0.1, 0.15) is 29.6 Å². The average molecular weight is 309 g/mol. The normalized spacial score (nSPS) is 25.3. The van der Waals surface area contributed by atoms with Crippen molar-refractivity contribution in [2.75, 3.05) is 18.8 Å². The molecule has 114 valence electrons. The van der Waals surface area contributed by atoms with Crippen molar-refractivity contribution in [3.8, 4) is 0 Å². The highest BCUT2D eigenvalue weighted by atomic mass is 32.2. The van der Waals surface area contributed by atoms with Gasteiger partial charge in [0, 0.05) is 19.1 Å². The minimum Gasteiger partial charge on any atom is -0.478 e. The summed E-state index contributed by atoms with van der Waals surface area (Å²) in [5.74, 6) is -0.192. The van der Waals surface area contributed by atoms with Crippen LogP contribution in [0.25, 0.3) is 0 Å². The van der Waals surface area contributed by atoms with E-state index in [9.17, 15) is 13.2 Å². The topological polar surface area (TPSA) is 74.7 Å². The molecule has 1 saturated heterocycles. The molecule has 2 aliphatic rings. The number of nitrogens with zero attached hydrogens (tertiary/aromatic N) is 1. The highest BCUT2D eigenvalue weighted by Gasteiger charge is 2.37. The molecule has 5 nitrogen and oxygen atoms in total. The molecule has 1 aromatic rings. The largest absolute Gasteiger partial charge is 0.478 e. The monoisotopic (exact) mass is 309 g/mol. The van der Waals surface area contributed by atoms with Crippen LogP contribution in [0.5, 0.6) is 0 Å². The van der Waals surface area contributed by atoms with Gasteiger partial charge < -0.3 is 5.11 Å². The summed E-state index contributed by atoms with van der Waals surface area (Å²) >= 11 is 0. The van der Waals surface area contributed by atoms with E-state index in [1.165, 1.54) is 43.5 Å². The molecule has 1 aliphatic heterocycles. The van der Waals surface area contributed by atoms with Gasteiger partial charge in [0.25, 0.3) is 0 Å². The number of sulfone groups is 1. The number of aromatic carboxylic acids is 1. The first-order valence-corrected chi connectivity index (χ1v) is 8.91. The van der Waals surface area contributed by atoms with Gasteiger partial charge in [0.1, 0.15) is 0 Å². The second-order valence-corrected chi connectivity index (χ2v) is 8.09. The van der Waals surface area contributed by atoms with E-state index < -0.39 is 15.8 Å². The summed E-state index contributed by atoms with van der Waals surface area (Å²) < 4.78 is 24.6. The number of carboxylic acids is 1. The Morgan fingerprint density at radius 3 is 2.48 bits per heavy atom. The van der Waals surface area contributed by atoms with Crippen molar-refractivity contribution in [2.45, 2.75) is 30.2 Å². The lowest BCUT2D eigenvalue weighted by molar-refractivity contribution is 0.0696. The lowest BCUT2D eigenvalue weighted by Crippen LogP contribution is -2.35. The van der Waals surface area contributed by atoms with Crippen LogP contribution in [0.3, 0.4) is 0 Å². The Balaban J connectivity index is 1.65. The number of carboxylic acid groups (broad SMARTS) is 1. The number of carbonyl (C=O) groups is 1. The van der Waals surface area contributed by atoms with Gasteiger partial charge in [0.2, 0.25) is 0 Å². The van der Waals surface area contributed by atoms with E-state index in [1.807, 2.05) is 0 Å². The van der Waals surface area contributed by atoms with Gasteiger partial charge in [-0.2, -0.15) is 0 Å². The Morgan fingerprint density at radius 2 is 1.95 bits per heavy atom. The van der Waals surface area contributed by atoms with Gasteiger partial charge in [0.15, 0.2) is 9.84 Å². The molecule has 3 rings (SSSR count). The van der Waals surface area contributed by atoms with Crippen LogP contribution in [-0.2, 0) is 9.84 Å². The summed E-state index contributed by atoms with van der Waals surface area (Å²) in [6.45, 7) is 1.60. The first kappa shape index (κ1) is 14.5. The summed E-state index contributed by atoms with van der Waals surface area (Å²) in [4.78, 5) is 13.3. The maximum atomic E-state index is 12.3. The zero-order valence-electron chi connectivity index (χ0n) is 11.7. The van der Waals surface area contributed by atoms with Crippen molar-refractivity contribution in [3.63, 3.8) is 0 Å². The molecular weight excluding hydrogens is 290 g/mol. The summed E-state index contributed by atoms with van der Waals surface area (Å²) in [5, 5.41) is 8.83. The first-order chi connectivity index (χ1) is 9.95. The Kier molecular flexibility index (Phi) is 3.75. The second-order valence-electron chi connectivity index (χ2n) is 5.98. The predicted molar refractivity (Wildman–Crippen MR) is 78.2 cm³/mol. The average Bonchev–Trinajstić information content (AvgIpc) is 3.08. The molecule has 6 heteroatoms. The molecule has 0 amide bonds. The molecule has 2 unspecified atom stereocenters. The summed E-state index contributed by atoms with van der Waals surface area (Å²) in [6.07, 6.45) is 3.69. The molecule has 21 heavy (non-hydrogen) atoms. The van der Waals surface area contributed by atoms with Gasteiger partial charge in [-0.05, 0) is 49.4 Å². The van der Waals surface area contributed by atoms with Crippen LogP contribution in [-0.4, -0.2) is 49.3 Å². The predicted octanol–water partition coefficient (Wildman–Crippen LogP) is 1.64. The quantitative estimate of drug-likeness (QED) is 0.895. The molecule has 2 fully saturated rings. The van der Waals surface area contributed by atoms with Crippen LogP contribution < -0.4 is 0 Å². The second kappa shape index (κ2) is 5.42. The van der Waals surface area contributed by atoms with Gasteiger partial charge in [0.05, 0.1) is 16.2 Å². The fraction of sp³-hybridized carbons (Fsp3) is 0.533. The lowest BCUT2D eigenvalue weighted by atomic mass is 10.1. The van der Waals surface area contributed by atoms with Crippen molar-refractivity contribution >= 4 is 15.8 Å². The van der Waals surface area contributed by atoms with Gasteiger partial charge in [-0.25, -0.2) is 13.2 Å². The molecule has 1 aromatic carbocycles. The Bertz CT molecular complexity index is 638. The van der Waals surface area contributed by atoms with E-state index in [1.54, 1.807) is 0 Å². The molecule has 1 saturated carbocycles. The smallest absolute Gasteiger partial charge is 0.335 e. The van der Waals surface area contributed by atoms with E-state index in [-0.39, 0.29) is 16.2 Å². The van der Waals surface area contributed by atoms with Gasteiger partial charge >= 0.3 is 5.97 Å². The third-order valence-electron chi connectivity index (χ3n) is 4.63. The fourth-order valence-corrected chi connectivity index (χ4v) is 4.72. The van der Waals surface area contributed by atoms with E-state index in [2.05, 4.69) is 4.90 Å². The summed E-state index contributed by atoms with van der Waals surface area (Å²) in [5.41, 5.74) is 0.103. The van der Waals surface area contributed by atoms with Crippen molar-refractivity contribution in [2.24, 2.45) is 5.92 Å². The molecule has 0 aromatic heterocycles. The number of piperidine rings is 1. The highest BCUT2D eigenvalue weighted by Crippen LogP contribution is 2.37. The Morgan fingerprint density at radius 1 is 1.24 bits per heavy atom. The van der Waals surface area contributed by atoms with Crippen LogP contribution in [0.2, 0.25) is 0 Å². The molecule has 1 N–H and O–H groups in total. The van der Waals surface area contributed by atoms with Gasteiger partial charge in [-0.1, -0.05) is 0 Å². The number of rotatable bonds is 5. The Hall–Kier alpha value is -1.40. The standard InChI is InChI=1S/C15H19NO4S/c17-15(18)12-2-5-14(6-3-12)21(19,20)8-7-16-10-11-1-4-13(16)9-11/h2-3,5-6,11,13H,1,4,7-10H2,(H,17,18). The van der Waals surface area contributed by atoms with E-state index >= 15 is 0 Å². The van der Waals surface area contributed by atoms with Crippen LogP contribution in [0, 0.1) is 5.92 Å². The minimum absolute atomic E-state index is 0.0998. The van der Waals surface area contributed by atoms with E-state index in [0.29, 0.717) is 12.6 Å². The summed E-state index contributed by atoms with van der Waals surface area (Å²) in [7, 11) is -3.34. The SMILES string of the molecule is O=C(O)c1ccc(S(=O)(=O)CCN2CC3CCC2C3)cc1. The van der Waals surface area contributed by atoms with Crippen molar-refractivity contribution < 1.29 is 18.3 Å². The number of fused-ring (bicyclic) bond motifs is 2. The van der Waals surface area contributed by atoms with E-state index in [0.717, 1.165) is 12.5 Å². The Labute approximate surface area is 124 Å². The van der Waals surface area contributed by atoms with Crippen molar-refractivity contribution in [1.82, 2.24) is 4.90 Å². The number of hydrogen-bond acceptors (Lipinski definition) is 4. The van der Waals surface area contributed by atoms with Crippen LogP contribution in [0.15, 0.2) is 29.2 Å². The number of hydrogen-bond donors (Lipinski definition) is 1. The van der Waals surface area contributed by atoms with Gasteiger partial charge in [-0.15, -0.1) is 0 Å². The van der Waals surface area contributed by atoms with Crippen molar-refractivity contribution in [1.29, 1.82) is 0 Å². The molecule has 0 spiro atoms. The number of benzene rings is 1. The minimum atomic E-state index is -3.34. The molecule has 0 radical (unpaired) electrons. The third-order valence-corrected chi connectivity index (χ3v) is 6.34. The summed E-state index contributed by atoms with van der Waals surface area (Å²) in [6, 6.07) is 6.02.